The van der Waals surface area contributed by atoms with Crippen molar-refractivity contribution in [1.82, 2.24) is 14.9 Å². The first-order chi connectivity index (χ1) is 9.41. The number of fused-ring (bicyclic) bond motifs is 1. The van der Waals surface area contributed by atoms with E-state index >= 15 is 0 Å². The Bertz CT molecular complexity index is 626. The molecule has 0 amide bonds. The summed E-state index contributed by atoms with van der Waals surface area (Å²) in [6.45, 7) is 0.214. The van der Waals surface area contributed by atoms with E-state index in [0.717, 1.165) is 16.6 Å². The lowest BCUT2D eigenvalue weighted by Crippen LogP contribution is -2.61. The molecule has 1 aromatic heterocycles. The van der Waals surface area contributed by atoms with Gasteiger partial charge in [0.1, 0.15) is 5.54 Å². The summed E-state index contributed by atoms with van der Waals surface area (Å²) in [5, 5.41) is 2.70. The first-order valence-corrected chi connectivity index (χ1v) is 6.63. The molecule has 1 heterocycles. The third kappa shape index (κ3) is 2.08. The van der Waals surface area contributed by atoms with Gasteiger partial charge in [-0.25, -0.2) is 4.98 Å². The average Bonchev–Trinajstić information content (AvgIpc) is 2.67. The Morgan fingerprint density at radius 2 is 2.10 bits per heavy atom. The number of aromatic nitrogens is 2. The van der Waals surface area contributed by atoms with Gasteiger partial charge in [0.2, 0.25) is 0 Å². The molecule has 1 N–H and O–H groups in total. The molecule has 0 saturated heterocycles. The summed E-state index contributed by atoms with van der Waals surface area (Å²) >= 11 is 0. The number of halogens is 3. The van der Waals surface area contributed by atoms with Crippen molar-refractivity contribution < 1.29 is 13.2 Å². The van der Waals surface area contributed by atoms with Gasteiger partial charge in [0.05, 0.1) is 17.4 Å². The van der Waals surface area contributed by atoms with Gasteiger partial charge in [0, 0.05) is 13.6 Å². The minimum absolute atomic E-state index is 0.169. The van der Waals surface area contributed by atoms with Crippen LogP contribution in [-0.4, -0.2) is 21.3 Å². The number of hydrogen-bond donors (Lipinski definition) is 1. The Morgan fingerprint density at radius 1 is 1.35 bits per heavy atom. The van der Waals surface area contributed by atoms with Crippen LogP contribution in [-0.2, 0) is 13.6 Å². The molecule has 1 aromatic carbocycles. The van der Waals surface area contributed by atoms with Gasteiger partial charge in [0.25, 0.3) is 0 Å². The van der Waals surface area contributed by atoms with Crippen molar-refractivity contribution in [3.05, 3.63) is 30.1 Å². The summed E-state index contributed by atoms with van der Waals surface area (Å²) in [7, 11) is 1.89. The van der Waals surface area contributed by atoms with Gasteiger partial charge in [-0.2, -0.15) is 13.2 Å². The molecule has 20 heavy (non-hydrogen) atoms. The summed E-state index contributed by atoms with van der Waals surface area (Å²) in [6.07, 6.45) is -1.51. The van der Waals surface area contributed by atoms with Gasteiger partial charge in [-0.15, -0.1) is 0 Å². The number of benzene rings is 1. The number of nitrogens with zero attached hydrogens (tertiary/aromatic N) is 2. The number of nitrogens with one attached hydrogen (secondary N) is 1. The van der Waals surface area contributed by atoms with Crippen LogP contribution in [0.2, 0.25) is 0 Å². The highest BCUT2D eigenvalue weighted by Crippen LogP contribution is 2.45. The summed E-state index contributed by atoms with van der Waals surface area (Å²) in [5.74, 6) is 0. The highest BCUT2D eigenvalue weighted by molar-refractivity contribution is 5.75. The molecule has 0 spiro atoms. The van der Waals surface area contributed by atoms with Gasteiger partial charge in [-0.05, 0) is 37.0 Å². The van der Waals surface area contributed by atoms with Crippen LogP contribution in [0.4, 0.5) is 13.2 Å². The molecule has 1 fully saturated rings. The van der Waals surface area contributed by atoms with Crippen LogP contribution in [0.5, 0.6) is 0 Å². The van der Waals surface area contributed by atoms with Crippen LogP contribution < -0.4 is 5.32 Å². The minimum atomic E-state index is -4.18. The molecule has 0 unspecified atom stereocenters. The zero-order valence-corrected chi connectivity index (χ0v) is 11.2. The summed E-state index contributed by atoms with van der Waals surface area (Å²) in [6, 6.07) is 5.57. The van der Waals surface area contributed by atoms with Crippen LogP contribution in [0.25, 0.3) is 11.0 Å². The van der Waals surface area contributed by atoms with E-state index in [1.807, 2.05) is 29.8 Å². The van der Waals surface area contributed by atoms with Gasteiger partial charge < -0.3 is 4.57 Å². The molecule has 6 heteroatoms. The zero-order valence-electron chi connectivity index (χ0n) is 11.2. The maximum atomic E-state index is 13.0. The molecular formula is C14H16F3N3. The third-order valence-corrected chi connectivity index (χ3v) is 4.17. The summed E-state index contributed by atoms with van der Waals surface area (Å²) < 4.78 is 41.0. The van der Waals surface area contributed by atoms with Crippen molar-refractivity contribution in [1.29, 1.82) is 0 Å². The molecule has 1 aliphatic rings. The van der Waals surface area contributed by atoms with Crippen molar-refractivity contribution in [2.75, 3.05) is 0 Å². The van der Waals surface area contributed by atoms with E-state index in [2.05, 4.69) is 10.3 Å². The molecule has 1 saturated carbocycles. The van der Waals surface area contributed by atoms with E-state index in [-0.39, 0.29) is 19.4 Å². The number of hydrogen-bond acceptors (Lipinski definition) is 2. The van der Waals surface area contributed by atoms with Crippen LogP contribution in [0.1, 0.15) is 24.8 Å². The molecule has 0 bridgehead atoms. The summed E-state index contributed by atoms with van der Waals surface area (Å²) in [4.78, 5) is 4.22. The van der Waals surface area contributed by atoms with Gasteiger partial charge in [-0.1, -0.05) is 6.07 Å². The van der Waals surface area contributed by atoms with E-state index in [4.69, 9.17) is 0 Å². The van der Waals surface area contributed by atoms with E-state index in [1.165, 1.54) is 0 Å². The molecule has 0 atom stereocenters. The second-order valence-corrected chi connectivity index (χ2v) is 5.47. The number of imidazole rings is 1. The Balaban J connectivity index is 1.76. The highest BCUT2D eigenvalue weighted by Gasteiger charge is 2.57. The second-order valence-electron chi connectivity index (χ2n) is 5.47. The first kappa shape index (κ1) is 13.4. The fourth-order valence-corrected chi connectivity index (χ4v) is 2.65. The fraction of sp³-hybridized carbons (Fsp3) is 0.500. The molecule has 2 aromatic rings. The van der Waals surface area contributed by atoms with E-state index in [9.17, 15) is 13.2 Å². The largest absolute Gasteiger partial charge is 0.406 e. The van der Waals surface area contributed by atoms with E-state index in [1.54, 1.807) is 6.33 Å². The maximum Gasteiger partial charge on any atom is 0.406 e. The van der Waals surface area contributed by atoms with Crippen LogP contribution >= 0.6 is 0 Å². The predicted octanol–water partition coefficient (Wildman–Crippen LogP) is 3.15. The molecule has 0 aliphatic heterocycles. The first-order valence-electron chi connectivity index (χ1n) is 6.63. The monoisotopic (exact) mass is 283 g/mol. The SMILES string of the molecule is Cn1cnc2cc(CNC3(C(F)(F)F)CCC3)ccc21. The van der Waals surface area contributed by atoms with Crippen molar-refractivity contribution in [2.45, 2.75) is 37.5 Å². The van der Waals surface area contributed by atoms with Crippen LogP contribution in [0.3, 0.4) is 0 Å². The Morgan fingerprint density at radius 3 is 2.70 bits per heavy atom. The smallest absolute Gasteiger partial charge is 0.334 e. The molecular weight excluding hydrogens is 267 g/mol. The number of aryl methyl sites for hydroxylation is 1. The lowest BCUT2D eigenvalue weighted by molar-refractivity contribution is -0.219. The van der Waals surface area contributed by atoms with Gasteiger partial charge in [0.15, 0.2) is 0 Å². The fourth-order valence-electron chi connectivity index (χ4n) is 2.65. The van der Waals surface area contributed by atoms with Crippen LogP contribution in [0, 0.1) is 0 Å². The van der Waals surface area contributed by atoms with Crippen molar-refractivity contribution >= 4 is 11.0 Å². The minimum Gasteiger partial charge on any atom is -0.334 e. The maximum absolute atomic E-state index is 13.0. The standard InChI is InChI=1S/C14H16F3N3/c1-20-9-18-11-7-10(3-4-12(11)20)8-19-13(5-2-6-13)14(15,16)17/h3-4,7,9,19H,2,5-6,8H2,1H3. The molecule has 0 radical (unpaired) electrons. The lowest BCUT2D eigenvalue weighted by atomic mass is 9.76. The average molecular weight is 283 g/mol. The van der Waals surface area contributed by atoms with Gasteiger partial charge >= 0.3 is 6.18 Å². The topological polar surface area (TPSA) is 29.9 Å². The van der Waals surface area contributed by atoms with Crippen molar-refractivity contribution in [2.24, 2.45) is 7.05 Å². The van der Waals surface area contributed by atoms with Crippen molar-refractivity contribution in [3.8, 4) is 0 Å². The van der Waals surface area contributed by atoms with Gasteiger partial charge in [-0.3, -0.25) is 5.32 Å². The molecule has 3 rings (SSSR count). The quantitative estimate of drug-likeness (QED) is 0.937. The second kappa shape index (κ2) is 4.48. The summed E-state index contributed by atoms with van der Waals surface area (Å²) in [5.41, 5.74) is 0.919. The normalized spacial score (nSPS) is 18.2. The zero-order chi connectivity index (χ0) is 14.4. The predicted molar refractivity (Wildman–Crippen MR) is 70.2 cm³/mol. The Labute approximate surface area is 114 Å². The van der Waals surface area contributed by atoms with E-state index in [0.29, 0.717) is 6.42 Å². The third-order valence-electron chi connectivity index (χ3n) is 4.17. The van der Waals surface area contributed by atoms with E-state index < -0.39 is 11.7 Å². The number of alkyl halides is 3. The number of rotatable bonds is 3. The molecule has 3 nitrogen and oxygen atoms in total. The van der Waals surface area contributed by atoms with Crippen molar-refractivity contribution in [3.63, 3.8) is 0 Å². The highest BCUT2D eigenvalue weighted by atomic mass is 19.4. The van der Waals surface area contributed by atoms with Crippen LogP contribution in [0.15, 0.2) is 24.5 Å². The molecule has 1 aliphatic carbocycles. The lowest BCUT2D eigenvalue weighted by Gasteiger charge is -2.44. The Kier molecular flexibility index (Phi) is 3.01. The Hall–Kier alpha value is -1.56. The molecule has 108 valence electrons.